The molecule has 3 aromatic rings. The Hall–Kier alpha value is -2.78. The summed E-state index contributed by atoms with van der Waals surface area (Å²) in [5.41, 5.74) is 9.17. The van der Waals surface area contributed by atoms with E-state index in [-0.39, 0.29) is 0 Å². The fourth-order valence-corrected chi connectivity index (χ4v) is 3.43. The molecule has 2 N–H and O–H groups in total. The Morgan fingerprint density at radius 3 is 2.58 bits per heavy atom. The smallest absolute Gasteiger partial charge is 0.191 e. The summed E-state index contributed by atoms with van der Waals surface area (Å²) in [5, 5.41) is 18.7. The van der Waals surface area contributed by atoms with Crippen LogP contribution in [0.25, 0.3) is 11.4 Å². The van der Waals surface area contributed by atoms with E-state index in [1.165, 1.54) is 0 Å². The van der Waals surface area contributed by atoms with Crippen LogP contribution in [0.1, 0.15) is 18.1 Å². The van der Waals surface area contributed by atoms with Crippen molar-refractivity contribution < 1.29 is 0 Å². The number of nitriles is 1. The summed E-state index contributed by atoms with van der Waals surface area (Å²) in [6.07, 6.45) is 0. The van der Waals surface area contributed by atoms with E-state index in [4.69, 9.17) is 5.73 Å². The number of hydrogen-bond acceptors (Lipinski definition) is 5. The standard InChI is InChI=1S/C18H17N5S/c1-2-23-17(13-7-9-16(20)10-8-13)21-22-18(23)24-12-15-6-4-3-5-14(15)11-19/h3-10H,2,12,20H2,1H3. The van der Waals surface area contributed by atoms with Gasteiger partial charge in [0.25, 0.3) is 0 Å². The van der Waals surface area contributed by atoms with Crippen molar-refractivity contribution >= 4 is 17.4 Å². The molecule has 0 spiro atoms. The molecule has 6 heteroatoms. The van der Waals surface area contributed by atoms with Gasteiger partial charge in [-0.1, -0.05) is 30.0 Å². The molecular formula is C18H17N5S. The molecule has 5 nitrogen and oxygen atoms in total. The van der Waals surface area contributed by atoms with Gasteiger partial charge in [-0.15, -0.1) is 10.2 Å². The van der Waals surface area contributed by atoms with Crippen molar-refractivity contribution in [2.45, 2.75) is 24.4 Å². The highest BCUT2D eigenvalue weighted by molar-refractivity contribution is 7.98. The van der Waals surface area contributed by atoms with E-state index >= 15 is 0 Å². The van der Waals surface area contributed by atoms with E-state index in [1.807, 2.05) is 48.5 Å². The minimum Gasteiger partial charge on any atom is -0.399 e. The Morgan fingerprint density at radius 1 is 1.12 bits per heavy atom. The fraction of sp³-hybridized carbons (Fsp3) is 0.167. The van der Waals surface area contributed by atoms with Gasteiger partial charge in [0.05, 0.1) is 11.6 Å². The zero-order valence-corrected chi connectivity index (χ0v) is 14.1. The highest BCUT2D eigenvalue weighted by atomic mass is 32.2. The van der Waals surface area contributed by atoms with Gasteiger partial charge < -0.3 is 10.3 Å². The fourth-order valence-electron chi connectivity index (χ4n) is 2.42. The second-order valence-electron chi connectivity index (χ2n) is 5.23. The number of aromatic nitrogens is 3. The lowest BCUT2D eigenvalue weighted by Crippen LogP contribution is -2.00. The van der Waals surface area contributed by atoms with Gasteiger partial charge in [0.1, 0.15) is 0 Å². The Balaban J connectivity index is 1.85. The highest BCUT2D eigenvalue weighted by Crippen LogP contribution is 2.27. The monoisotopic (exact) mass is 335 g/mol. The van der Waals surface area contributed by atoms with E-state index < -0.39 is 0 Å². The van der Waals surface area contributed by atoms with Crippen molar-refractivity contribution in [1.29, 1.82) is 5.26 Å². The van der Waals surface area contributed by atoms with E-state index in [2.05, 4.69) is 27.8 Å². The van der Waals surface area contributed by atoms with Gasteiger partial charge in [0.2, 0.25) is 0 Å². The van der Waals surface area contributed by atoms with E-state index in [9.17, 15) is 5.26 Å². The number of hydrogen-bond donors (Lipinski definition) is 1. The maximum atomic E-state index is 9.19. The normalized spacial score (nSPS) is 10.5. The molecule has 0 amide bonds. The molecule has 1 aromatic heterocycles. The average molecular weight is 335 g/mol. The van der Waals surface area contributed by atoms with Crippen LogP contribution in [0.2, 0.25) is 0 Å². The van der Waals surface area contributed by atoms with E-state index in [1.54, 1.807) is 11.8 Å². The van der Waals surface area contributed by atoms with Crippen LogP contribution in [0.4, 0.5) is 5.69 Å². The third-order valence-electron chi connectivity index (χ3n) is 3.70. The molecule has 0 aliphatic carbocycles. The lowest BCUT2D eigenvalue weighted by Gasteiger charge is -2.08. The second kappa shape index (κ2) is 7.20. The molecule has 0 aliphatic heterocycles. The number of nitrogens with two attached hydrogens (primary N) is 1. The molecule has 0 fully saturated rings. The van der Waals surface area contributed by atoms with Gasteiger partial charge in [-0.2, -0.15) is 5.26 Å². The van der Waals surface area contributed by atoms with E-state index in [0.717, 1.165) is 34.3 Å². The third kappa shape index (κ3) is 3.26. The van der Waals surface area contributed by atoms with Gasteiger partial charge >= 0.3 is 0 Å². The predicted molar refractivity (Wildman–Crippen MR) is 96.3 cm³/mol. The highest BCUT2D eigenvalue weighted by Gasteiger charge is 2.13. The number of anilines is 1. The quantitative estimate of drug-likeness (QED) is 0.568. The maximum Gasteiger partial charge on any atom is 0.191 e. The van der Waals surface area contributed by atoms with Gasteiger partial charge in [0.15, 0.2) is 11.0 Å². The first-order valence-corrected chi connectivity index (χ1v) is 8.61. The molecule has 3 rings (SSSR count). The van der Waals surface area contributed by atoms with Crippen molar-refractivity contribution in [2.75, 3.05) is 5.73 Å². The van der Waals surface area contributed by atoms with Crippen LogP contribution in [0.3, 0.4) is 0 Å². The predicted octanol–water partition coefficient (Wildman–Crippen LogP) is 3.71. The van der Waals surface area contributed by atoms with Crippen LogP contribution in [0.5, 0.6) is 0 Å². The molecule has 1 heterocycles. The first-order chi connectivity index (χ1) is 11.7. The summed E-state index contributed by atoms with van der Waals surface area (Å²) in [6.45, 7) is 2.84. The summed E-state index contributed by atoms with van der Waals surface area (Å²) in [4.78, 5) is 0. The molecule has 0 bridgehead atoms. The van der Waals surface area contributed by atoms with Crippen LogP contribution in [-0.4, -0.2) is 14.8 Å². The molecule has 2 aromatic carbocycles. The second-order valence-corrected chi connectivity index (χ2v) is 6.17. The Kier molecular flexibility index (Phi) is 4.82. The average Bonchev–Trinajstić information content (AvgIpc) is 3.03. The Morgan fingerprint density at radius 2 is 1.88 bits per heavy atom. The lowest BCUT2D eigenvalue weighted by molar-refractivity contribution is 0.687. The minimum absolute atomic E-state index is 0.684. The van der Waals surface area contributed by atoms with Crippen LogP contribution >= 0.6 is 11.8 Å². The first kappa shape index (κ1) is 16.1. The zero-order valence-electron chi connectivity index (χ0n) is 13.3. The molecule has 0 radical (unpaired) electrons. The molecule has 120 valence electrons. The molecule has 0 saturated heterocycles. The first-order valence-electron chi connectivity index (χ1n) is 7.63. The SMILES string of the molecule is CCn1c(SCc2ccccc2C#N)nnc1-c1ccc(N)cc1. The van der Waals surface area contributed by atoms with Crippen molar-refractivity contribution in [3.63, 3.8) is 0 Å². The summed E-state index contributed by atoms with van der Waals surface area (Å²) >= 11 is 1.59. The molecular weight excluding hydrogens is 318 g/mol. The summed E-state index contributed by atoms with van der Waals surface area (Å²) in [7, 11) is 0. The topological polar surface area (TPSA) is 80.5 Å². The number of rotatable bonds is 5. The number of nitrogens with zero attached hydrogens (tertiary/aromatic N) is 4. The van der Waals surface area contributed by atoms with Crippen LogP contribution in [0.15, 0.2) is 53.7 Å². The number of nitrogen functional groups attached to an aromatic ring is 1. The summed E-state index contributed by atoms with van der Waals surface area (Å²) < 4.78 is 2.07. The molecule has 0 atom stereocenters. The van der Waals surface area contributed by atoms with Crippen LogP contribution in [0, 0.1) is 11.3 Å². The minimum atomic E-state index is 0.684. The summed E-state index contributed by atoms with van der Waals surface area (Å²) in [6, 6.07) is 17.5. The number of benzene rings is 2. The molecule has 24 heavy (non-hydrogen) atoms. The van der Waals surface area contributed by atoms with Gasteiger partial charge in [-0.3, -0.25) is 0 Å². The summed E-state index contributed by atoms with van der Waals surface area (Å²) in [5.74, 6) is 1.51. The largest absolute Gasteiger partial charge is 0.399 e. The van der Waals surface area contributed by atoms with Crippen molar-refractivity contribution in [3.05, 3.63) is 59.7 Å². The molecule has 0 unspecified atom stereocenters. The number of thioether (sulfide) groups is 1. The van der Waals surface area contributed by atoms with Gasteiger partial charge in [-0.05, 0) is 42.8 Å². The molecule has 0 saturated carbocycles. The van der Waals surface area contributed by atoms with Crippen molar-refractivity contribution in [2.24, 2.45) is 0 Å². The zero-order chi connectivity index (χ0) is 16.9. The molecule has 0 aliphatic rings. The lowest BCUT2D eigenvalue weighted by atomic mass is 10.1. The van der Waals surface area contributed by atoms with Gasteiger partial charge in [0, 0.05) is 23.5 Å². The Labute approximate surface area is 145 Å². The maximum absolute atomic E-state index is 9.19. The van der Waals surface area contributed by atoms with Gasteiger partial charge in [-0.25, -0.2) is 0 Å². The Bertz CT molecular complexity index is 877. The van der Waals surface area contributed by atoms with Crippen molar-refractivity contribution in [1.82, 2.24) is 14.8 Å². The van der Waals surface area contributed by atoms with Crippen LogP contribution in [-0.2, 0) is 12.3 Å². The third-order valence-corrected chi connectivity index (χ3v) is 4.71. The van der Waals surface area contributed by atoms with E-state index in [0.29, 0.717) is 11.3 Å². The van der Waals surface area contributed by atoms with Crippen LogP contribution < -0.4 is 5.73 Å². The van der Waals surface area contributed by atoms with Crippen molar-refractivity contribution in [3.8, 4) is 17.5 Å².